The summed E-state index contributed by atoms with van der Waals surface area (Å²) >= 11 is 11.9. The molecule has 2 aromatic carbocycles. The molecular weight excluding hydrogens is 338 g/mol. The Bertz CT molecular complexity index is 688. The Labute approximate surface area is 145 Å². The van der Waals surface area contributed by atoms with Gasteiger partial charge in [0.25, 0.3) is 0 Å². The molecule has 23 heavy (non-hydrogen) atoms. The number of nitrogens with zero attached hydrogens (tertiary/aromatic N) is 1. The number of amides is 1. The van der Waals surface area contributed by atoms with Gasteiger partial charge in [0, 0.05) is 27.8 Å². The number of carbonyl (C=O) groups is 1. The van der Waals surface area contributed by atoms with E-state index in [4.69, 9.17) is 23.2 Å². The Morgan fingerprint density at radius 2 is 1.96 bits per heavy atom. The van der Waals surface area contributed by atoms with E-state index in [0.29, 0.717) is 21.3 Å². The number of carbonyl (C=O) groups excluding carboxylic acids is 1. The molecule has 0 saturated carbocycles. The SMILES string of the molecule is CC(C(=O)Nc1cccc(Cl)c1)N(C)Cc1c(F)cccc1Cl. The molecule has 0 spiro atoms. The van der Waals surface area contributed by atoms with Crippen LogP contribution in [0.25, 0.3) is 0 Å². The molecule has 3 nitrogen and oxygen atoms in total. The van der Waals surface area contributed by atoms with Crippen LogP contribution in [0.5, 0.6) is 0 Å². The Morgan fingerprint density at radius 1 is 1.26 bits per heavy atom. The van der Waals surface area contributed by atoms with E-state index in [2.05, 4.69) is 5.32 Å². The second-order valence-electron chi connectivity index (χ2n) is 5.29. The van der Waals surface area contributed by atoms with Crippen molar-refractivity contribution in [2.75, 3.05) is 12.4 Å². The monoisotopic (exact) mass is 354 g/mol. The second kappa shape index (κ2) is 7.77. The lowest BCUT2D eigenvalue weighted by Crippen LogP contribution is -2.39. The normalized spacial score (nSPS) is 12.3. The number of benzene rings is 2. The van der Waals surface area contributed by atoms with Gasteiger partial charge < -0.3 is 5.32 Å². The van der Waals surface area contributed by atoms with E-state index in [1.165, 1.54) is 6.07 Å². The first-order chi connectivity index (χ1) is 10.9. The molecule has 122 valence electrons. The van der Waals surface area contributed by atoms with E-state index >= 15 is 0 Å². The number of halogens is 3. The van der Waals surface area contributed by atoms with Crippen LogP contribution in [-0.4, -0.2) is 23.9 Å². The van der Waals surface area contributed by atoms with Crippen LogP contribution in [0.2, 0.25) is 10.0 Å². The van der Waals surface area contributed by atoms with Crippen LogP contribution in [0, 0.1) is 5.82 Å². The number of anilines is 1. The molecule has 1 unspecified atom stereocenters. The molecule has 0 aliphatic carbocycles. The van der Waals surface area contributed by atoms with E-state index in [9.17, 15) is 9.18 Å². The van der Waals surface area contributed by atoms with Crippen molar-refractivity contribution in [2.24, 2.45) is 0 Å². The Kier molecular flexibility index (Phi) is 5.99. The van der Waals surface area contributed by atoms with Gasteiger partial charge in [-0.1, -0.05) is 35.3 Å². The Hall–Kier alpha value is -1.62. The van der Waals surface area contributed by atoms with Crippen molar-refractivity contribution >= 4 is 34.8 Å². The summed E-state index contributed by atoms with van der Waals surface area (Å²) in [6, 6.07) is 11.0. The molecule has 6 heteroatoms. The lowest BCUT2D eigenvalue weighted by atomic mass is 10.1. The lowest BCUT2D eigenvalue weighted by molar-refractivity contribution is -0.120. The van der Waals surface area contributed by atoms with Crippen molar-refractivity contribution in [2.45, 2.75) is 19.5 Å². The van der Waals surface area contributed by atoms with Crippen LogP contribution in [0.1, 0.15) is 12.5 Å². The highest BCUT2D eigenvalue weighted by Crippen LogP contribution is 2.21. The van der Waals surface area contributed by atoms with Gasteiger partial charge in [0.2, 0.25) is 5.91 Å². The molecule has 0 fully saturated rings. The number of rotatable bonds is 5. The van der Waals surface area contributed by atoms with Gasteiger partial charge in [-0.05, 0) is 44.3 Å². The van der Waals surface area contributed by atoms with E-state index in [-0.39, 0.29) is 18.3 Å². The minimum absolute atomic E-state index is 0.206. The fourth-order valence-corrected chi connectivity index (χ4v) is 2.50. The molecule has 0 aliphatic rings. The van der Waals surface area contributed by atoms with Crippen LogP contribution in [0.4, 0.5) is 10.1 Å². The highest BCUT2D eigenvalue weighted by atomic mass is 35.5. The zero-order valence-electron chi connectivity index (χ0n) is 12.8. The molecule has 0 bridgehead atoms. The number of hydrogen-bond acceptors (Lipinski definition) is 2. The topological polar surface area (TPSA) is 32.3 Å². The summed E-state index contributed by atoms with van der Waals surface area (Å²) in [5.74, 6) is -0.589. The van der Waals surface area contributed by atoms with E-state index in [1.807, 2.05) is 0 Å². The van der Waals surface area contributed by atoms with Crippen molar-refractivity contribution in [3.63, 3.8) is 0 Å². The minimum Gasteiger partial charge on any atom is -0.325 e. The molecule has 0 radical (unpaired) electrons. The third-order valence-corrected chi connectivity index (χ3v) is 4.19. The first kappa shape index (κ1) is 17.7. The predicted octanol–water partition coefficient (Wildman–Crippen LogP) is 4.59. The number of nitrogens with one attached hydrogen (secondary N) is 1. The van der Waals surface area contributed by atoms with Crippen LogP contribution in [-0.2, 0) is 11.3 Å². The van der Waals surface area contributed by atoms with Gasteiger partial charge in [-0.3, -0.25) is 9.69 Å². The first-order valence-corrected chi connectivity index (χ1v) is 7.83. The Morgan fingerprint density at radius 3 is 2.61 bits per heavy atom. The molecule has 0 saturated heterocycles. The molecule has 0 aromatic heterocycles. The van der Waals surface area contributed by atoms with Gasteiger partial charge in [0.05, 0.1) is 6.04 Å². The second-order valence-corrected chi connectivity index (χ2v) is 6.13. The van der Waals surface area contributed by atoms with E-state index in [0.717, 1.165) is 0 Å². The summed E-state index contributed by atoms with van der Waals surface area (Å²) in [5, 5.41) is 3.68. The molecule has 0 aliphatic heterocycles. The van der Waals surface area contributed by atoms with Crippen LogP contribution >= 0.6 is 23.2 Å². The molecule has 1 N–H and O–H groups in total. The van der Waals surface area contributed by atoms with Crippen LogP contribution in [0.15, 0.2) is 42.5 Å². The summed E-state index contributed by atoms with van der Waals surface area (Å²) in [5.41, 5.74) is 0.991. The summed E-state index contributed by atoms with van der Waals surface area (Å²) in [4.78, 5) is 14.0. The molecule has 2 aromatic rings. The highest BCUT2D eigenvalue weighted by molar-refractivity contribution is 6.31. The average Bonchev–Trinajstić information content (AvgIpc) is 2.50. The predicted molar refractivity (Wildman–Crippen MR) is 92.4 cm³/mol. The number of hydrogen-bond donors (Lipinski definition) is 1. The third-order valence-electron chi connectivity index (χ3n) is 3.60. The fraction of sp³-hybridized carbons (Fsp3) is 0.235. The average molecular weight is 355 g/mol. The van der Waals surface area contributed by atoms with Crippen molar-refractivity contribution < 1.29 is 9.18 Å². The van der Waals surface area contributed by atoms with Gasteiger partial charge in [0.15, 0.2) is 0 Å². The molecule has 1 amide bonds. The van der Waals surface area contributed by atoms with Gasteiger partial charge in [-0.15, -0.1) is 0 Å². The summed E-state index contributed by atoms with van der Waals surface area (Å²) < 4.78 is 13.8. The number of likely N-dealkylation sites (N-methyl/N-ethyl adjacent to an activating group) is 1. The van der Waals surface area contributed by atoms with Gasteiger partial charge in [-0.25, -0.2) is 4.39 Å². The molecule has 2 rings (SSSR count). The quantitative estimate of drug-likeness (QED) is 0.851. The highest BCUT2D eigenvalue weighted by Gasteiger charge is 2.20. The van der Waals surface area contributed by atoms with Crippen molar-refractivity contribution in [3.05, 3.63) is 63.9 Å². The van der Waals surface area contributed by atoms with E-state index in [1.54, 1.807) is 55.3 Å². The van der Waals surface area contributed by atoms with Crippen molar-refractivity contribution in [1.82, 2.24) is 4.90 Å². The van der Waals surface area contributed by atoms with Crippen molar-refractivity contribution in [3.8, 4) is 0 Å². The third kappa shape index (κ3) is 4.67. The maximum atomic E-state index is 13.8. The minimum atomic E-state index is -0.468. The standard InChI is InChI=1S/C17H17Cl2FN2O/c1-11(17(23)21-13-6-3-5-12(18)9-13)22(2)10-14-15(19)7-4-8-16(14)20/h3-9,11H,10H2,1-2H3,(H,21,23). The lowest BCUT2D eigenvalue weighted by Gasteiger charge is -2.24. The smallest absolute Gasteiger partial charge is 0.241 e. The van der Waals surface area contributed by atoms with Gasteiger partial charge >= 0.3 is 0 Å². The van der Waals surface area contributed by atoms with E-state index < -0.39 is 6.04 Å². The Balaban J connectivity index is 2.04. The maximum Gasteiger partial charge on any atom is 0.241 e. The largest absolute Gasteiger partial charge is 0.325 e. The summed E-state index contributed by atoms with van der Waals surface area (Å²) in [7, 11) is 1.74. The van der Waals surface area contributed by atoms with Crippen LogP contribution < -0.4 is 5.32 Å². The zero-order chi connectivity index (χ0) is 17.0. The van der Waals surface area contributed by atoms with Gasteiger partial charge in [0.1, 0.15) is 5.82 Å². The van der Waals surface area contributed by atoms with Crippen LogP contribution in [0.3, 0.4) is 0 Å². The molecule has 0 heterocycles. The van der Waals surface area contributed by atoms with Crippen molar-refractivity contribution in [1.29, 1.82) is 0 Å². The zero-order valence-corrected chi connectivity index (χ0v) is 14.3. The molecular formula is C17H17Cl2FN2O. The maximum absolute atomic E-state index is 13.8. The summed E-state index contributed by atoms with van der Waals surface area (Å²) in [6.45, 7) is 1.98. The first-order valence-electron chi connectivity index (χ1n) is 7.08. The summed E-state index contributed by atoms with van der Waals surface area (Å²) in [6.07, 6.45) is 0. The molecule has 1 atom stereocenters. The van der Waals surface area contributed by atoms with Gasteiger partial charge in [-0.2, -0.15) is 0 Å². The fourth-order valence-electron chi connectivity index (χ4n) is 2.08.